The first-order valence-electron chi connectivity index (χ1n) is 20.4. The van der Waals surface area contributed by atoms with Gasteiger partial charge in [0, 0.05) is 50.3 Å². The number of hydrogen-bond donors (Lipinski definition) is 1. The van der Waals surface area contributed by atoms with Crippen LogP contribution in [0.2, 0.25) is 0 Å². The first-order valence-corrected chi connectivity index (χ1v) is 20.4. The van der Waals surface area contributed by atoms with Gasteiger partial charge >= 0.3 is 0 Å². The molecule has 1 aliphatic rings. The molecule has 1 unspecified atom stereocenters. The van der Waals surface area contributed by atoms with Gasteiger partial charge in [0.1, 0.15) is 17.3 Å². The Morgan fingerprint density at radius 1 is 0.475 bits per heavy atom. The summed E-state index contributed by atoms with van der Waals surface area (Å²) >= 11 is 0. The predicted molar refractivity (Wildman–Crippen MR) is 246 cm³/mol. The van der Waals surface area contributed by atoms with E-state index in [1.54, 1.807) is 0 Å². The van der Waals surface area contributed by atoms with E-state index in [1.165, 1.54) is 49.6 Å². The van der Waals surface area contributed by atoms with E-state index in [0.29, 0.717) is 0 Å². The summed E-state index contributed by atoms with van der Waals surface area (Å²) in [5.41, 5.74) is 16.9. The highest BCUT2D eigenvalue weighted by atomic mass is 16.3. The molecule has 11 rings (SSSR count). The SMILES string of the molecule is C/C1=C(\c2ccc3c(c2)oc2cc(-n4c5ccccc5c5cc(-c6ccccc6)ccc54)ccc23)NC(c2ccccc2)/N=C(/c2ccc(-c3ccccc3)cc2)CC1. The Balaban J connectivity index is 0.951. The van der Waals surface area contributed by atoms with Gasteiger partial charge in [-0.15, -0.1) is 0 Å². The van der Waals surface area contributed by atoms with E-state index in [2.05, 4.69) is 211 Å². The second kappa shape index (κ2) is 14.5. The van der Waals surface area contributed by atoms with E-state index in [1.807, 2.05) is 0 Å². The molecule has 0 bridgehead atoms. The Kier molecular flexibility index (Phi) is 8.55. The van der Waals surface area contributed by atoms with Gasteiger partial charge in [0.2, 0.25) is 0 Å². The molecule has 59 heavy (non-hydrogen) atoms. The lowest BCUT2D eigenvalue weighted by Gasteiger charge is -2.25. The summed E-state index contributed by atoms with van der Waals surface area (Å²) in [5, 5.41) is 8.57. The van der Waals surface area contributed by atoms with Crippen molar-refractivity contribution in [1.29, 1.82) is 0 Å². The summed E-state index contributed by atoms with van der Waals surface area (Å²) < 4.78 is 9.11. The highest BCUT2D eigenvalue weighted by Crippen LogP contribution is 2.38. The average molecular weight is 760 g/mol. The number of rotatable bonds is 6. The molecular formula is C55H41N3O. The van der Waals surface area contributed by atoms with Crippen molar-refractivity contribution in [3.8, 4) is 27.9 Å². The maximum Gasteiger partial charge on any atom is 0.145 e. The number of hydrogen-bond acceptors (Lipinski definition) is 3. The zero-order chi connectivity index (χ0) is 39.3. The Labute approximate surface area is 343 Å². The summed E-state index contributed by atoms with van der Waals surface area (Å²) in [5.74, 6) is 0. The molecule has 0 aliphatic carbocycles. The maximum absolute atomic E-state index is 6.75. The standard InChI is InChI=1S/C55H41N3O/c1-36-21-31-49(40-24-22-39(23-25-40)37-13-5-2-6-14-37)56-55(41-17-9-4-10-18-41)57-54(36)43-26-29-46-47-30-28-44(35-53(47)59-52(46)34-43)58-50-20-12-11-19-45(50)48-33-42(27-32-51(48)58)38-15-7-3-8-16-38/h2-20,22-30,32-35,55,57H,21,31H2,1H3/b54-36-,56-49+. The second-order valence-electron chi connectivity index (χ2n) is 15.6. The van der Waals surface area contributed by atoms with Crippen LogP contribution in [0, 0.1) is 0 Å². The van der Waals surface area contributed by atoms with Crippen LogP contribution in [0.1, 0.15) is 42.6 Å². The molecule has 0 amide bonds. The van der Waals surface area contributed by atoms with Crippen LogP contribution in [0.25, 0.3) is 77.4 Å². The summed E-state index contributed by atoms with van der Waals surface area (Å²) in [7, 11) is 0. The van der Waals surface area contributed by atoms with Crippen LogP contribution in [0.4, 0.5) is 0 Å². The van der Waals surface area contributed by atoms with Gasteiger partial charge < -0.3 is 14.3 Å². The van der Waals surface area contributed by atoms with Crippen LogP contribution in [0.15, 0.2) is 209 Å². The Bertz CT molecular complexity index is 3230. The van der Waals surface area contributed by atoms with Crippen molar-refractivity contribution in [1.82, 2.24) is 9.88 Å². The minimum absolute atomic E-state index is 0.255. The number of fused-ring (bicyclic) bond motifs is 6. The monoisotopic (exact) mass is 759 g/mol. The van der Waals surface area contributed by atoms with Gasteiger partial charge in [-0.25, -0.2) is 0 Å². The van der Waals surface area contributed by atoms with Crippen LogP contribution < -0.4 is 5.32 Å². The van der Waals surface area contributed by atoms with Crippen molar-refractivity contribution >= 4 is 55.2 Å². The summed E-state index contributed by atoms with van der Waals surface area (Å²) in [4.78, 5) is 5.43. The summed E-state index contributed by atoms with van der Waals surface area (Å²) in [6.07, 6.45) is 1.47. The number of aromatic nitrogens is 1. The van der Waals surface area contributed by atoms with Crippen LogP contribution >= 0.6 is 0 Å². The van der Waals surface area contributed by atoms with E-state index >= 15 is 0 Å². The summed E-state index contributed by atoms with van der Waals surface area (Å²) in [6, 6.07) is 69.3. The number of nitrogens with zero attached hydrogens (tertiary/aromatic N) is 2. The molecule has 0 fully saturated rings. The fourth-order valence-corrected chi connectivity index (χ4v) is 8.89. The zero-order valence-corrected chi connectivity index (χ0v) is 32.8. The highest BCUT2D eigenvalue weighted by molar-refractivity contribution is 6.11. The van der Waals surface area contributed by atoms with E-state index < -0.39 is 0 Å². The highest BCUT2D eigenvalue weighted by Gasteiger charge is 2.21. The normalized spacial score (nSPS) is 16.8. The lowest BCUT2D eigenvalue weighted by Crippen LogP contribution is -2.23. The number of para-hydroxylation sites is 1. The van der Waals surface area contributed by atoms with Crippen molar-refractivity contribution in [3.63, 3.8) is 0 Å². The molecule has 1 aliphatic heterocycles. The Hall–Kier alpha value is -7.43. The van der Waals surface area contributed by atoms with Crippen molar-refractivity contribution in [2.75, 3.05) is 0 Å². The van der Waals surface area contributed by atoms with Crippen LogP contribution in [-0.2, 0) is 0 Å². The smallest absolute Gasteiger partial charge is 0.145 e. The number of nitrogens with one attached hydrogen (secondary N) is 1. The molecule has 282 valence electrons. The van der Waals surface area contributed by atoms with Crippen LogP contribution in [-0.4, -0.2) is 10.3 Å². The number of aliphatic imine (C=N–C) groups is 1. The molecule has 0 radical (unpaired) electrons. The third kappa shape index (κ3) is 6.30. The van der Waals surface area contributed by atoms with Crippen molar-refractivity contribution < 1.29 is 4.42 Å². The van der Waals surface area contributed by atoms with E-state index in [9.17, 15) is 0 Å². The average Bonchev–Trinajstić information content (AvgIpc) is 3.83. The first kappa shape index (κ1) is 34.8. The van der Waals surface area contributed by atoms with Gasteiger partial charge in [0.15, 0.2) is 0 Å². The quantitative estimate of drug-likeness (QED) is 0.183. The molecule has 1 atom stereocenters. The molecule has 1 N–H and O–H groups in total. The van der Waals surface area contributed by atoms with E-state index in [4.69, 9.17) is 9.41 Å². The van der Waals surface area contributed by atoms with Crippen molar-refractivity contribution in [2.45, 2.75) is 25.9 Å². The van der Waals surface area contributed by atoms with Crippen molar-refractivity contribution in [2.24, 2.45) is 4.99 Å². The van der Waals surface area contributed by atoms with Gasteiger partial charge in [-0.05, 0) is 101 Å². The maximum atomic E-state index is 6.75. The molecule has 3 heterocycles. The largest absolute Gasteiger partial charge is 0.456 e. The molecule has 0 saturated carbocycles. The fraction of sp³-hybridized carbons (Fsp3) is 0.0727. The van der Waals surface area contributed by atoms with E-state index in [-0.39, 0.29) is 6.17 Å². The number of benzene rings is 8. The topological polar surface area (TPSA) is 42.5 Å². The van der Waals surface area contributed by atoms with Gasteiger partial charge in [0.25, 0.3) is 0 Å². The first-order chi connectivity index (χ1) is 29.1. The van der Waals surface area contributed by atoms with Crippen LogP contribution in [0.3, 0.4) is 0 Å². The molecule has 0 saturated heterocycles. The molecule has 4 nitrogen and oxygen atoms in total. The minimum atomic E-state index is -0.255. The zero-order valence-electron chi connectivity index (χ0n) is 32.8. The van der Waals surface area contributed by atoms with E-state index in [0.717, 1.165) is 68.6 Å². The number of furan rings is 1. The lowest BCUT2D eigenvalue weighted by molar-refractivity contribution is 0.654. The third-order valence-electron chi connectivity index (χ3n) is 12.0. The molecule has 10 aromatic rings. The molecule has 2 aromatic heterocycles. The summed E-state index contributed by atoms with van der Waals surface area (Å²) in [6.45, 7) is 2.25. The third-order valence-corrected chi connectivity index (χ3v) is 12.0. The van der Waals surface area contributed by atoms with Gasteiger partial charge in [-0.3, -0.25) is 4.99 Å². The Morgan fingerprint density at radius 2 is 1.05 bits per heavy atom. The number of allylic oxidation sites excluding steroid dienone is 1. The van der Waals surface area contributed by atoms with Crippen LogP contribution in [0.5, 0.6) is 0 Å². The lowest BCUT2D eigenvalue weighted by atomic mass is 9.95. The predicted octanol–water partition coefficient (Wildman–Crippen LogP) is 14.3. The van der Waals surface area contributed by atoms with Gasteiger partial charge in [-0.1, -0.05) is 146 Å². The minimum Gasteiger partial charge on any atom is -0.456 e. The molecule has 8 aromatic carbocycles. The molecular weight excluding hydrogens is 719 g/mol. The van der Waals surface area contributed by atoms with Crippen molar-refractivity contribution in [3.05, 3.63) is 216 Å². The fourth-order valence-electron chi connectivity index (χ4n) is 8.89. The molecule has 4 heteroatoms. The molecule has 0 spiro atoms. The second-order valence-corrected chi connectivity index (χ2v) is 15.6. The van der Waals surface area contributed by atoms with Gasteiger partial charge in [0.05, 0.1) is 11.0 Å². The van der Waals surface area contributed by atoms with Gasteiger partial charge in [-0.2, -0.15) is 0 Å². The Morgan fingerprint density at radius 3 is 1.81 bits per heavy atom.